The van der Waals surface area contributed by atoms with Crippen molar-refractivity contribution in [2.75, 3.05) is 9.80 Å². The Bertz CT molecular complexity index is 3300. The van der Waals surface area contributed by atoms with Crippen molar-refractivity contribution in [2.24, 2.45) is 0 Å². The maximum Gasteiger partial charge on any atom is 0.135 e. The predicted molar refractivity (Wildman–Crippen MR) is 267 cm³/mol. The molecule has 0 atom stereocenters. The molecular formula is C60H40N2O2. The molecule has 4 nitrogen and oxygen atoms in total. The van der Waals surface area contributed by atoms with Gasteiger partial charge in [0.2, 0.25) is 0 Å². The third-order valence-corrected chi connectivity index (χ3v) is 12.2. The average molecular weight is 821 g/mol. The number of para-hydroxylation sites is 6. The van der Waals surface area contributed by atoms with Crippen molar-refractivity contribution in [1.29, 1.82) is 0 Å². The lowest BCUT2D eigenvalue weighted by molar-refractivity contribution is 0.668. The molecule has 10 aromatic carbocycles. The van der Waals surface area contributed by atoms with Crippen molar-refractivity contribution in [1.82, 2.24) is 0 Å². The fourth-order valence-electron chi connectivity index (χ4n) is 9.16. The van der Waals surface area contributed by atoms with Crippen LogP contribution in [0.4, 0.5) is 34.1 Å². The van der Waals surface area contributed by atoms with Crippen molar-refractivity contribution < 1.29 is 8.83 Å². The standard InChI is InChI=1S/C60H40N2O2/c1-5-17-47(18-6-1)61(48-19-7-2-8-20-48)51-36-46(37-52(40-51)62(49-21-9-3-10-22-49)50-23-11-4-12-24-50)45-34-43(41-29-31-59-55(38-41)53-25-13-15-27-57(53)63-59)33-44(35-45)42-30-32-60-56(39-42)54-26-14-16-28-58(54)64-60/h1-40H. The average Bonchev–Trinajstić information content (AvgIpc) is 3.93. The molecule has 12 rings (SSSR count). The predicted octanol–water partition coefficient (Wildman–Crippen LogP) is 17.4. The minimum absolute atomic E-state index is 0.875. The van der Waals surface area contributed by atoms with Crippen LogP contribution in [0.2, 0.25) is 0 Å². The molecule has 0 amide bonds. The van der Waals surface area contributed by atoms with E-state index in [1.54, 1.807) is 0 Å². The number of furan rings is 2. The molecule has 0 saturated carbocycles. The van der Waals surface area contributed by atoms with Crippen molar-refractivity contribution >= 4 is 78.0 Å². The Morgan fingerprint density at radius 2 is 0.516 bits per heavy atom. The number of benzene rings is 10. The Hall–Kier alpha value is -8.60. The summed E-state index contributed by atoms with van der Waals surface area (Å²) in [5.41, 5.74) is 16.5. The molecule has 0 saturated heterocycles. The molecule has 64 heavy (non-hydrogen) atoms. The van der Waals surface area contributed by atoms with Gasteiger partial charge >= 0.3 is 0 Å². The minimum atomic E-state index is 0.875. The molecule has 0 aliphatic heterocycles. The summed E-state index contributed by atoms with van der Waals surface area (Å²) < 4.78 is 12.6. The van der Waals surface area contributed by atoms with E-state index in [4.69, 9.17) is 8.83 Å². The maximum atomic E-state index is 6.30. The van der Waals surface area contributed by atoms with Crippen molar-refractivity contribution in [3.63, 3.8) is 0 Å². The Labute approximate surface area is 371 Å². The molecule has 0 aliphatic carbocycles. The van der Waals surface area contributed by atoms with E-state index < -0.39 is 0 Å². The summed E-state index contributed by atoms with van der Waals surface area (Å²) in [5, 5.41) is 4.40. The fraction of sp³-hybridized carbons (Fsp3) is 0. The molecule has 0 spiro atoms. The van der Waals surface area contributed by atoms with E-state index in [9.17, 15) is 0 Å². The molecule has 4 heteroatoms. The SMILES string of the molecule is c1ccc(N(c2ccccc2)c2cc(-c3cc(-c4ccc5oc6ccccc6c5c4)cc(-c4ccc5oc6ccccc6c5c4)c3)cc(N(c3ccccc3)c3ccccc3)c2)cc1. The molecule has 0 bridgehead atoms. The van der Waals surface area contributed by atoms with Crippen LogP contribution in [0.5, 0.6) is 0 Å². The number of hydrogen-bond acceptors (Lipinski definition) is 4. The van der Waals surface area contributed by atoms with Crippen molar-refractivity contribution in [3.8, 4) is 33.4 Å². The summed E-state index contributed by atoms with van der Waals surface area (Å²) in [6, 6.07) is 86.2. The normalized spacial score (nSPS) is 11.4. The maximum absolute atomic E-state index is 6.30. The number of rotatable bonds is 9. The van der Waals surface area contributed by atoms with Crippen LogP contribution in [-0.2, 0) is 0 Å². The molecule has 12 aromatic rings. The van der Waals surface area contributed by atoms with Crippen LogP contribution in [0, 0.1) is 0 Å². The Morgan fingerprint density at radius 1 is 0.203 bits per heavy atom. The van der Waals surface area contributed by atoms with Gasteiger partial charge in [0.25, 0.3) is 0 Å². The van der Waals surface area contributed by atoms with Crippen LogP contribution in [0.3, 0.4) is 0 Å². The van der Waals surface area contributed by atoms with Gasteiger partial charge in [-0.05, 0) is 155 Å². The number of hydrogen-bond donors (Lipinski definition) is 0. The lowest BCUT2D eigenvalue weighted by Gasteiger charge is -2.30. The summed E-state index contributed by atoms with van der Waals surface area (Å²) in [7, 11) is 0. The van der Waals surface area contributed by atoms with Crippen LogP contribution in [0.25, 0.3) is 77.3 Å². The third-order valence-electron chi connectivity index (χ3n) is 12.2. The van der Waals surface area contributed by atoms with E-state index in [1.165, 1.54) is 0 Å². The summed E-state index contributed by atoms with van der Waals surface area (Å²) >= 11 is 0. The lowest BCUT2D eigenvalue weighted by Crippen LogP contribution is -2.13. The number of nitrogens with zero attached hydrogens (tertiary/aromatic N) is 2. The highest BCUT2D eigenvalue weighted by molar-refractivity contribution is 6.08. The van der Waals surface area contributed by atoms with Gasteiger partial charge in [-0.1, -0.05) is 121 Å². The molecule has 0 unspecified atom stereocenters. The van der Waals surface area contributed by atoms with Crippen LogP contribution in [0.1, 0.15) is 0 Å². The molecule has 0 aliphatic rings. The largest absolute Gasteiger partial charge is 0.456 e. The molecule has 0 fully saturated rings. The van der Waals surface area contributed by atoms with E-state index in [0.717, 1.165) is 111 Å². The molecular weight excluding hydrogens is 781 g/mol. The van der Waals surface area contributed by atoms with Crippen LogP contribution in [0.15, 0.2) is 251 Å². The molecule has 0 N–H and O–H groups in total. The first-order chi connectivity index (χ1) is 31.7. The highest BCUT2D eigenvalue weighted by Crippen LogP contribution is 2.45. The van der Waals surface area contributed by atoms with Crippen LogP contribution in [-0.4, -0.2) is 0 Å². The van der Waals surface area contributed by atoms with Gasteiger partial charge in [0.1, 0.15) is 22.3 Å². The third kappa shape index (κ3) is 6.75. The first kappa shape index (κ1) is 37.2. The lowest BCUT2D eigenvalue weighted by atomic mass is 9.91. The zero-order chi connectivity index (χ0) is 42.4. The second kappa shape index (κ2) is 15.7. The van der Waals surface area contributed by atoms with E-state index in [-0.39, 0.29) is 0 Å². The molecule has 2 heterocycles. The van der Waals surface area contributed by atoms with Crippen LogP contribution >= 0.6 is 0 Å². The van der Waals surface area contributed by atoms with Gasteiger partial charge in [0, 0.05) is 55.7 Å². The minimum Gasteiger partial charge on any atom is -0.456 e. The van der Waals surface area contributed by atoms with Gasteiger partial charge in [-0.3, -0.25) is 0 Å². The first-order valence-corrected chi connectivity index (χ1v) is 21.6. The highest BCUT2D eigenvalue weighted by Gasteiger charge is 2.21. The summed E-state index contributed by atoms with van der Waals surface area (Å²) in [5.74, 6) is 0. The first-order valence-electron chi connectivity index (χ1n) is 21.6. The molecule has 0 radical (unpaired) electrons. The van der Waals surface area contributed by atoms with Gasteiger partial charge in [-0.25, -0.2) is 0 Å². The zero-order valence-corrected chi connectivity index (χ0v) is 34.8. The second-order valence-electron chi connectivity index (χ2n) is 16.2. The van der Waals surface area contributed by atoms with E-state index >= 15 is 0 Å². The van der Waals surface area contributed by atoms with Gasteiger partial charge in [0.15, 0.2) is 0 Å². The molecule has 2 aromatic heterocycles. The Morgan fingerprint density at radius 3 is 0.906 bits per heavy atom. The summed E-state index contributed by atoms with van der Waals surface area (Å²) in [6.07, 6.45) is 0. The van der Waals surface area contributed by atoms with E-state index in [2.05, 4.69) is 228 Å². The van der Waals surface area contributed by atoms with Gasteiger partial charge in [-0.15, -0.1) is 0 Å². The smallest absolute Gasteiger partial charge is 0.135 e. The van der Waals surface area contributed by atoms with Crippen LogP contribution < -0.4 is 9.80 Å². The van der Waals surface area contributed by atoms with Gasteiger partial charge in [-0.2, -0.15) is 0 Å². The van der Waals surface area contributed by atoms with Crippen molar-refractivity contribution in [2.45, 2.75) is 0 Å². The summed E-state index contributed by atoms with van der Waals surface area (Å²) in [6.45, 7) is 0. The molecule has 302 valence electrons. The second-order valence-corrected chi connectivity index (χ2v) is 16.2. The zero-order valence-electron chi connectivity index (χ0n) is 34.8. The highest BCUT2D eigenvalue weighted by atomic mass is 16.3. The Balaban J connectivity index is 1.13. The number of anilines is 6. The number of fused-ring (bicyclic) bond motifs is 6. The van der Waals surface area contributed by atoms with Crippen molar-refractivity contribution in [3.05, 3.63) is 243 Å². The quantitative estimate of drug-likeness (QED) is 0.145. The van der Waals surface area contributed by atoms with Gasteiger partial charge < -0.3 is 18.6 Å². The fourth-order valence-corrected chi connectivity index (χ4v) is 9.16. The summed E-state index contributed by atoms with van der Waals surface area (Å²) in [4.78, 5) is 4.70. The monoisotopic (exact) mass is 820 g/mol. The van der Waals surface area contributed by atoms with Gasteiger partial charge in [0.05, 0.1) is 0 Å². The van der Waals surface area contributed by atoms with E-state index in [0.29, 0.717) is 0 Å². The topological polar surface area (TPSA) is 32.8 Å². The Kier molecular flexibility index (Phi) is 9.12. The van der Waals surface area contributed by atoms with E-state index in [1.807, 2.05) is 24.3 Å².